The van der Waals surface area contributed by atoms with Gasteiger partial charge in [-0.15, -0.1) is 0 Å². The van der Waals surface area contributed by atoms with E-state index in [9.17, 15) is 8.42 Å². The summed E-state index contributed by atoms with van der Waals surface area (Å²) < 4.78 is 29.8. The SMILES string of the molecule is CCn1c(CN[C@H](C)c2ccccc2)nc2cc(S(=O)(=O)N3CCCCC3)ccc21. The van der Waals surface area contributed by atoms with E-state index in [2.05, 4.69) is 35.9 Å². The molecule has 1 aromatic heterocycles. The summed E-state index contributed by atoms with van der Waals surface area (Å²) in [6.07, 6.45) is 2.96. The fraction of sp³-hybridized carbons (Fsp3) is 0.435. The zero-order chi connectivity index (χ0) is 21.1. The van der Waals surface area contributed by atoms with Crippen molar-refractivity contribution < 1.29 is 8.42 Å². The second-order valence-electron chi connectivity index (χ2n) is 7.90. The van der Waals surface area contributed by atoms with E-state index in [0.29, 0.717) is 24.5 Å². The number of benzene rings is 2. The van der Waals surface area contributed by atoms with Crippen molar-refractivity contribution in [3.8, 4) is 0 Å². The molecular formula is C23H30N4O2S. The van der Waals surface area contributed by atoms with E-state index in [0.717, 1.165) is 42.7 Å². The van der Waals surface area contributed by atoms with Crippen LogP contribution in [0.2, 0.25) is 0 Å². The summed E-state index contributed by atoms with van der Waals surface area (Å²) in [6, 6.07) is 15.9. The van der Waals surface area contributed by atoms with Crippen molar-refractivity contribution in [2.45, 2.75) is 57.1 Å². The van der Waals surface area contributed by atoms with Gasteiger partial charge in [0.25, 0.3) is 0 Å². The number of nitrogens with one attached hydrogen (secondary N) is 1. The van der Waals surface area contributed by atoms with E-state index in [1.54, 1.807) is 16.4 Å². The third-order valence-electron chi connectivity index (χ3n) is 5.93. The average Bonchev–Trinajstić information content (AvgIpc) is 3.15. The number of fused-ring (bicyclic) bond motifs is 1. The Morgan fingerprint density at radius 2 is 1.80 bits per heavy atom. The molecular weight excluding hydrogens is 396 g/mol. The molecule has 0 bridgehead atoms. The molecule has 7 heteroatoms. The largest absolute Gasteiger partial charge is 0.327 e. The van der Waals surface area contributed by atoms with Crippen LogP contribution < -0.4 is 5.32 Å². The van der Waals surface area contributed by atoms with Gasteiger partial charge in [-0.3, -0.25) is 0 Å². The number of imidazole rings is 1. The molecule has 1 atom stereocenters. The first-order chi connectivity index (χ1) is 14.5. The number of aromatic nitrogens is 2. The number of hydrogen-bond acceptors (Lipinski definition) is 4. The Labute approximate surface area is 179 Å². The van der Waals surface area contributed by atoms with Crippen LogP contribution in [0.1, 0.15) is 50.5 Å². The van der Waals surface area contributed by atoms with Crippen LogP contribution in [0.25, 0.3) is 11.0 Å². The van der Waals surface area contributed by atoms with Crippen molar-refractivity contribution in [1.82, 2.24) is 19.2 Å². The molecule has 0 saturated carbocycles. The second kappa shape index (κ2) is 8.88. The first kappa shape index (κ1) is 21.0. The van der Waals surface area contributed by atoms with Gasteiger partial charge >= 0.3 is 0 Å². The lowest BCUT2D eigenvalue weighted by molar-refractivity contribution is 0.346. The topological polar surface area (TPSA) is 67.2 Å². The number of sulfonamides is 1. The van der Waals surface area contributed by atoms with Crippen LogP contribution in [-0.2, 0) is 23.1 Å². The van der Waals surface area contributed by atoms with Gasteiger partial charge in [-0.25, -0.2) is 13.4 Å². The van der Waals surface area contributed by atoms with Gasteiger partial charge in [-0.2, -0.15) is 4.31 Å². The molecule has 1 aliphatic heterocycles. The lowest BCUT2D eigenvalue weighted by Gasteiger charge is -2.25. The molecule has 0 amide bonds. The average molecular weight is 427 g/mol. The highest BCUT2D eigenvalue weighted by molar-refractivity contribution is 7.89. The first-order valence-corrected chi connectivity index (χ1v) is 12.2. The first-order valence-electron chi connectivity index (χ1n) is 10.8. The fourth-order valence-corrected chi connectivity index (χ4v) is 5.70. The molecule has 1 N–H and O–H groups in total. The van der Waals surface area contributed by atoms with E-state index < -0.39 is 10.0 Å². The molecule has 30 heavy (non-hydrogen) atoms. The molecule has 3 aromatic rings. The van der Waals surface area contributed by atoms with Gasteiger partial charge in [0.1, 0.15) is 5.82 Å². The number of piperidine rings is 1. The van der Waals surface area contributed by atoms with Crippen LogP contribution in [0.5, 0.6) is 0 Å². The third kappa shape index (κ3) is 4.15. The molecule has 2 heterocycles. The number of hydrogen-bond donors (Lipinski definition) is 1. The summed E-state index contributed by atoms with van der Waals surface area (Å²) in [7, 11) is -3.46. The maximum absolute atomic E-state index is 13.0. The zero-order valence-electron chi connectivity index (χ0n) is 17.7. The molecule has 6 nitrogen and oxygen atoms in total. The molecule has 1 saturated heterocycles. The molecule has 0 unspecified atom stereocenters. The Hall–Kier alpha value is -2.22. The summed E-state index contributed by atoms with van der Waals surface area (Å²) in [6.45, 7) is 6.84. The summed E-state index contributed by atoms with van der Waals surface area (Å²) in [5.41, 5.74) is 2.94. The minimum absolute atomic E-state index is 0.200. The van der Waals surface area contributed by atoms with Crippen molar-refractivity contribution in [3.63, 3.8) is 0 Å². The monoisotopic (exact) mass is 426 g/mol. The van der Waals surface area contributed by atoms with E-state index in [4.69, 9.17) is 4.98 Å². The molecule has 0 spiro atoms. The number of nitrogens with zero attached hydrogens (tertiary/aromatic N) is 3. The lowest BCUT2D eigenvalue weighted by atomic mass is 10.1. The van der Waals surface area contributed by atoms with Crippen LogP contribution in [0.4, 0.5) is 0 Å². The predicted octanol–water partition coefficient (Wildman–Crippen LogP) is 4.08. The smallest absolute Gasteiger partial charge is 0.243 e. The van der Waals surface area contributed by atoms with Gasteiger partial charge in [-0.05, 0) is 50.5 Å². The van der Waals surface area contributed by atoms with Gasteiger partial charge in [0.05, 0.1) is 22.5 Å². The quantitative estimate of drug-likeness (QED) is 0.618. The summed E-state index contributed by atoms with van der Waals surface area (Å²) in [5, 5.41) is 3.54. The maximum atomic E-state index is 13.0. The molecule has 0 radical (unpaired) electrons. The summed E-state index contributed by atoms with van der Waals surface area (Å²) in [5.74, 6) is 0.919. The van der Waals surface area contributed by atoms with Gasteiger partial charge in [-0.1, -0.05) is 36.8 Å². The Morgan fingerprint density at radius 1 is 1.07 bits per heavy atom. The van der Waals surface area contributed by atoms with Crippen molar-refractivity contribution in [3.05, 3.63) is 59.9 Å². The predicted molar refractivity (Wildman–Crippen MR) is 120 cm³/mol. The van der Waals surface area contributed by atoms with Gasteiger partial charge in [0.15, 0.2) is 0 Å². The highest BCUT2D eigenvalue weighted by Crippen LogP contribution is 2.25. The van der Waals surface area contributed by atoms with Crippen LogP contribution in [0.3, 0.4) is 0 Å². The zero-order valence-corrected chi connectivity index (χ0v) is 18.5. The summed E-state index contributed by atoms with van der Waals surface area (Å²) in [4.78, 5) is 5.13. The van der Waals surface area contributed by atoms with Crippen LogP contribution in [-0.4, -0.2) is 35.4 Å². The maximum Gasteiger partial charge on any atom is 0.243 e. The minimum atomic E-state index is -3.46. The fourth-order valence-electron chi connectivity index (χ4n) is 4.17. The number of aryl methyl sites for hydroxylation is 1. The summed E-state index contributed by atoms with van der Waals surface area (Å²) >= 11 is 0. The second-order valence-corrected chi connectivity index (χ2v) is 9.84. The van der Waals surface area contributed by atoms with Gasteiger partial charge in [0.2, 0.25) is 10.0 Å². The standard InChI is InChI=1S/C23H30N4O2S/c1-3-27-22-13-12-20(30(28,29)26-14-8-5-9-15-26)16-21(22)25-23(27)17-24-18(2)19-10-6-4-7-11-19/h4,6-7,10-13,16,18,24H,3,5,8-9,14-15,17H2,1-2H3/t18-/m1/s1. The Morgan fingerprint density at radius 3 is 2.50 bits per heavy atom. The molecule has 160 valence electrons. The molecule has 1 fully saturated rings. The van der Waals surface area contributed by atoms with E-state index in [1.165, 1.54) is 5.56 Å². The normalized spacial score (nSPS) is 16.7. The lowest BCUT2D eigenvalue weighted by Crippen LogP contribution is -2.35. The van der Waals surface area contributed by atoms with Gasteiger partial charge < -0.3 is 9.88 Å². The molecule has 2 aromatic carbocycles. The highest BCUT2D eigenvalue weighted by Gasteiger charge is 2.26. The Kier molecular flexibility index (Phi) is 6.22. The molecule has 4 rings (SSSR count). The van der Waals surface area contributed by atoms with E-state index in [-0.39, 0.29) is 6.04 Å². The van der Waals surface area contributed by atoms with Crippen molar-refractivity contribution in [1.29, 1.82) is 0 Å². The molecule has 1 aliphatic rings. The minimum Gasteiger partial charge on any atom is -0.327 e. The molecule has 0 aliphatic carbocycles. The van der Waals surface area contributed by atoms with Crippen molar-refractivity contribution >= 4 is 21.1 Å². The highest BCUT2D eigenvalue weighted by atomic mass is 32.2. The van der Waals surface area contributed by atoms with E-state index in [1.807, 2.05) is 24.3 Å². The van der Waals surface area contributed by atoms with Gasteiger partial charge in [0, 0.05) is 25.7 Å². The van der Waals surface area contributed by atoms with E-state index >= 15 is 0 Å². The van der Waals surface area contributed by atoms with Crippen molar-refractivity contribution in [2.75, 3.05) is 13.1 Å². The number of rotatable bonds is 7. The Bertz CT molecular complexity index is 1100. The van der Waals surface area contributed by atoms with Crippen molar-refractivity contribution in [2.24, 2.45) is 0 Å². The van der Waals surface area contributed by atoms with Crippen LogP contribution >= 0.6 is 0 Å². The van der Waals surface area contributed by atoms with Crippen LogP contribution in [0, 0.1) is 0 Å². The Balaban J connectivity index is 1.59. The van der Waals surface area contributed by atoms with Crippen LogP contribution in [0.15, 0.2) is 53.4 Å². The third-order valence-corrected chi connectivity index (χ3v) is 7.83.